The molecule has 0 unspecified atom stereocenters. The fraction of sp³-hybridized carbons (Fsp3) is 0.632. The van der Waals surface area contributed by atoms with Crippen LogP contribution in [0.25, 0.3) is 0 Å². The Hall–Kier alpha value is -1.62. The first kappa shape index (κ1) is 18.7. The molecule has 1 fully saturated rings. The van der Waals surface area contributed by atoms with Crippen molar-refractivity contribution < 1.29 is 4.39 Å². The molecule has 134 valence electrons. The number of hydrogen-bond acceptors (Lipinski definition) is 2. The van der Waals surface area contributed by atoms with Crippen LogP contribution in [-0.4, -0.2) is 42.6 Å². The minimum absolute atomic E-state index is 0.165. The predicted molar refractivity (Wildman–Crippen MR) is 98.8 cm³/mol. The number of aliphatic imine (C=N–C) groups is 1. The first-order valence-electron chi connectivity index (χ1n) is 9.03. The first-order chi connectivity index (χ1) is 11.5. The van der Waals surface area contributed by atoms with Gasteiger partial charge < -0.3 is 15.5 Å². The predicted octanol–water partition coefficient (Wildman–Crippen LogP) is 3.06. The second-order valence-corrected chi connectivity index (χ2v) is 6.83. The molecule has 0 amide bonds. The molecule has 1 aromatic carbocycles. The molecule has 0 aromatic heterocycles. The molecule has 1 heterocycles. The van der Waals surface area contributed by atoms with Gasteiger partial charge in [0.25, 0.3) is 0 Å². The average Bonchev–Trinajstić information content (AvgIpc) is 2.56. The number of hydrogen-bond donors (Lipinski definition) is 2. The molecule has 0 radical (unpaired) electrons. The highest BCUT2D eigenvalue weighted by molar-refractivity contribution is 5.80. The van der Waals surface area contributed by atoms with Gasteiger partial charge in [-0.2, -0.15) is 0 Å². The van der Waals surface area contributed by atoms with Gasteiger partial charge in [0.1, 0.15) is 5.82 Å². The Labute approximate surface area is 145 Å². The molecule has 1 aliphatic heterocycles. The van der Waals surface area contributed by atoms with E-state index in [0.717, 1.165) is 44.0 Å². The van der Waals surface area contributed by atoms with Crippen molar-refractivity contribution in [2.24, 2.45) is 4.99 Å². The number of guanidine groups is 1. The number of benzene rings is 1. The largest absolute Gasteiger partial charge is 0.357 e. The van der Waals surface area contributed by atoms with Crippen molar-refractivity contribution in [3.63, 3.8) is 0 Å². The maximum Gasteiger partial charge on any atom is 0.191 e. The third-order valence-electron chi connectivity index (χ3n) is 4.60. The quantitative estimate of drug-likeness (QED) is 0.642. The van der Waals surface area contributed by atoms with Crippen LogP contribution in [0.4, 0.5) is 4.39 Å². The van der Waals surface area contributed by atoms with E-state index in [4.69, 9.17) is 0 Å². The fourth-order valence-corrected chi connectivity index (χ4v) is 2.98. The Kier molecular flexibility index (Phi) is 7.03. The Morgan fingerprint density at radius 2 is 2.04 bits per heavy atom. The number of piperidine rings is 1. The summed E-state index contributed by atoms with van der Waals surface area (Å²) in [5.41, 5.74) is 1.56. The van der Waals surface area contributed by atoms with Crippen LogP contribution in [0.1, 0.15) is 44.7 Å². The number of rotatable bonds is 5. The van der Waals surface area contributed by atoms with Gasteiger partial charge in [0.05, 0.1) is 6.54 Å². The molecule has 4 nitrogen and oxygen atoms in total. The highest BCUT2D eigenvalue weighted by Crippen LogP contribution is 2.13. The third-order valence-corrected chi connectivity index (χ3v) is 4.60. The number of aryl methyl sites for hydroxylation is 1. The van der Waals surface area contributed by atoms with E-state index in [-0.39, 0.29) is 5.82 Å². The second-order valence-electron chi connectivity index (χ2n) is 6.83. The van der Waals surface area contributed by atoms with Gasteiger partial charge in [-0.1, -0.05) is 12.1 Å². The molecule has 2 N–H and O–H groups in total. The van der Waals surface area contributed by atoms with Gasteiger partial charge in [0, 0.05) is 31.7 Å². The van der Waals surface area contributed by atoms with E-state index in [1.807, 2.05) is 12.1 Å². The normalized spacial score (nSPS) is 17.3. The molecule has 1 aromatic rings. The highest BCUT2D eigenvalue weighted by atomic mass is 19.1. The lowest BCUT2D eigenvalue weighted by Crippen LogP contribution is -2.49. The van der Waals surface area contributed by atoms with Crippen molar-refractivity contribution in [1.82, 2.24) is 15.5 Å². The lowest BCUT2D eigenvalue weighted by atomic mass is 10.0. The van der Waals surface area contributed by atoms with Crippen LogP contribution >= 0.6 is 0 Å². The van der Waals surface area contributed by atoms with Gasteiger partial charge in [0.2, 0.25) is 0 Å². The molecule has 0 bridgehead atoms. The maximum atomic E-state index is 13.6. The average molecular weight is 334 g/mol. The van der Waals surface area contributed by atoms with Crippen LogP contribution in [0.2, 0.25) is 0 Å². The zero-order chi connectivity index (χ0) is 17.5. The smallest absolute Gasteiger partial charge is 0.191 e. The van der Waals surface area contributed by atoms with Crippen LogP contribution < -0.4 is 10.6 Å². The van der Waals surface area contributed by atoms with Crippen LogP contribution in [0.15, 0.2) is 23.2 Å². The molecule has 0 spiro atoms. The molecular weight excluding hydrogens is 303 g/mol. The van der Waals surface area contributed by atoms with Crippen LogP contribution in [0.3, 0.4) is 0 Å². The molecule has 0 saturated carbocycles. The molecular formula is C19H31FN4. The second kappa shape index (κ2) is 9.02. The van der Waals surface area contributed by atoms with Crippen molar-refractivity contribution >= 4 is 5.96 Å². The van der Waals surface area contributed by atoms with E-state index in [9.17, 15) is 4.39 Å². The van der Waals surface area contributed by atoms with E-state index in [1.54, 1.807) is 13.0 Å². The van der Waals surface area contributed by atoms with Crippen molar-refractivity contribution in [1.29, 1.82) is 0 Å². The Morgan fingerprint density at radius 1 is 1.33 bits per heavy atom. The lowest BCUT2D eigenvalue weighted by Gasteiger charge is -2.35. The van der Waals surface area contributed by atoms with E-state index < -0.39 is 0 Å². The van der Waals surface area contributed by atoms with Crippen molar-refractivity contribution in [2.75, 3.05) is 19.6 Å². The summed E-state index contributed by atoms with van der Waals surface area (Å²) in [5, 5.41) is 6.82. The highest BCUT2D eigenvalue weighted by Gasteiger charge is 2.21. The minimum Gasteiger partial charge on any atom is -0.357 e. The summed E-state index contributed by atoms with van der Waals surface area (Å²) in [5.74, 6) is 0.656. The van der Waals surface area contributed by atoms with Gasteiger partial charge >= 0.3 is 0 Å². The van der Waals surface area contributed by atoms with Gasteiger partial charge in [-0.25, -0.2) is 9.38 Å². The van der Waals surface area contributed by atoms with Crippen molar-refractivity contribution in [2.45, 2.75) is 59.2 Å². The summed E-state index contributed by atoms with van der Waals surface area (Å²) in [6.07, 6.45) is 2.25. The SMILES string of the molecule is CCNC(=NCc1ccc(C)c(F)c1)NC1CCN(C(C)C)CC1. The number of nitrogens with one attached hydrogen (secondary N) is 2. The summed E-state index contributed by atoms with van der Waals surface area (Å²) in [6.45, 7) is 11.9. The number of likely N-dealkylation sites (tertiary alicyclic amines) is 1. The summed E-state index contributed by atoms with van der Waals surface area (Å²) in [7, 11) is 0. The Morgan fingerprint density at radius 3 is 2.62 bits per heavy atom. The van der Waals surface area contributed by atoms with Gasteiger partial charge in [-0.3, -0.25) is 0 Å². The van der Waals surface area contributed by atoms with Crippen LogP contribution in [-0.2, 0) is 6.54 Å². The summed E-state index contributed by atoms with van der Waals surface area (Å²) in [6, 6.07) is 6.38. The molecule has 24 heavy (non-hydrogen) atoms. The van der Waals surface area contributed by atoms with Crippen LogP contribution in [0.5, 0.6) is 0 Å². The molecule has 5 heteroatoms. The van der Waals surface area contributed by atoms with E-state index >= 15 is 0 Å². The molecule has 1 saturated heterocycles. The molecule has 1 aliphatic rings. The van der Waals surface area contributed by atoms with Crippen molar-refractivity contribution in [3.05, 3.63) is 35.1 Å². The van der Waals surface area contributed by atoms with E-state index in [0.29, 0.717) is 24.2 Å². The molecule has 0 atom stereocenters. The van der Waals surface area contributed by atoms with Crippen LogP contribution in [0, 0.1) is 12.7 Å². The molecule has 0 aliphatic carbocycles. The topological polar surface area (TPSA) is 39.7 Å². The summed E-state index contributed by atoms with van der Waals surface area (Å²) < 4.78 is 13.6. The monoisotopic (exact) mass is 334 g/mol. The van der Waals surface area contributed by atoms with Gasteiger partial charge in [-0.05, 0) is 57.7 Å². The first-order valence-corrected chi connectivity index (χ1v) is 9.03. The minimum atomic E-state index is -0.165. The zero-order valence-electron chi connectivity index (χ0n) is 15.4. The molecule has 2 rings (SSSR count). The standard InChI is InChI=1S/C19H31FN4/c1-5-21-19(22-13-16-7-6-15(4)18(20)12-16)23-17-8-10-24(11-9-17)14(2)3/h6-7,12,14,17H,5,8-11,13H2,1-4H3,(H2,21,22,23). The van der Waals surface area contributed by atoms with E-state index in [2.05, 4.69) is 41.3 Å². The van der Waals surface area contributed by atoms with E-state index in [1.165, 1.54) is 0 Å². The zero-order valence-corrected chi connectivity index (χ0v) is 15.4. The Balaban J connectivity index is 1.92. The van der Waals surface area contributed by atoms with Crippen molar-refractivity contribution in [3.8, 4) is 0 Å². The summed E-state index contributed by atoms with van der Waals surface area (Å²) >= 11 is 0. The van der Waals surface area contributed by atoms with Gasteiger partial charge in [-0.15, -0.1) is 0 Å². The van der Waals surface area contributed by atoms with Gasteiger partial charge in [0.15, 0.2) is 5.96 Å². The maximum absolute atomic E-state index is 13.6. The Bertz CT molecular complexity index is 548. The summed E-state index contributed by atoms with van der Waals surface area (Å²) in [4.78, 5) is 7.13. The third kappa shape index (κ3) is 5.48. The fourth-order valence-electron chi connectivity index (χ4n) is 2.98. The number of halogens is 1. The lowest BCUT2D eigenvalue weighted by molar-refractivity contribution is 0.167. The number of nitrogens with zero attached hydrogens (tertiary/aromatic N) is 2.